The fourth-order valence-electron chi connectivity index (χ4n) is 4.06. The Kier molecular flexibility index (Phi) is 3.14. The average molecular weight is 266 g/mol. The second-order valence-corrected chi connectivity index (χ2v) is 6.25. The maximum atomic E-state index is 6.48. The summed E-state index contributed by atoms with van der Waals surface area (Å²) in [5.41, 5.74) is 4.54. The largest absolute Gasteiger partial charge is 0.489 e. The fourth-order valence-corrected chi connectivity index (χ4v) is 4.06. The van der Waals surface area contributed by atoms with E-state index in [4.69, 9.17) is 4.74 Å². The van der Waals surface area contributed by atoms with Crippen LogP contribution in [-0.4, -0.2) is 0 Å². The molecule has 0 fully saturated rings. The molecular formula is C19H22O. The van der Waals surface area contributed by atoms with Crippen molar-refractivity contribution in [3.05, 3.63) is 58.9 Å². The van der Waals surface area contributed by atoms with Crippen LogP contribution in [0, 0.1) is 5.92 Å². The van der Waals surface area contributed by atoms with Crippen LogP contribution in [-0.2, 0) is 4.74 Å². The first-order valence-electron chi connectivity index (χ1n) is 8.07. The first kappa shape index (κ1) is 12.3. The number of rotatable bonds is 1. The molecule has 0 saturated carbocycles. The van der Waals surface area contributed by atoms with E-state index in [0.717, 1.165) is 6.42 Å². The number of allylic oxidation sites excluding steroid dienone is 3. The van der Waals surface area contributed by atoms with Crippen LogP contribution in [0.1, 0.15) is 56.6 Å². The van der Waals surface area contributed by atoms with Crippen LogP contribution in [0.3, 0.4) is 0 Å². The Morgan fingerprint density at radius 2 is 1.80 bits per heavy atom. The Morgan fingerprint density at radius 1 is 0.950 bits per heavy atom. The van der Waals surface area contributed by atoms with Crippen molar-refractivity contribution in [1.82, 2.24) is 0 Å². The molecule has 4 rings (SSSR count). The van der Waals surface area contributed by atoms with Gasteiger partial charge >= 0.3 is 0 Å². The average Bonchev–Trinajstić information content (AvgIpc) is 2.55. The summed E-state index contributed by atoms with van der Waals surface area (Å²) in [6.45, 7) is 0. The molecule has 3 aliphatic rings. The molecule has 0 radical (unpaired) electrons. The van der Waals surface area contributed by atoms with E-state index < -0.39 is 0 Å². The highest BCUT2D eigenvalue weighted by molar-refractivity contribution is 5.42. The van der Waals surface area contributed by atoms with Gasteiger partial charge in [0.1, 0.15) is 11.9 Å². The second kappa shape index (κ2) is 5.12. The first-order chi connectivity index (χ1) is 9.93. The lowest BCUT2D eigenvalue weighted by Gasteiger charge is -2.41. The van der Waals surface area contributed by atoms with Gasteiger partial charge in [-0.3, -0.25) is 0 Å². The normalized spacial score (nSPS) is 29.1. The van der Waals surface area contributed by atoms with Gasteiger partial charge in [-0.25, -0.2) is 0 Å². The van der Waals surface area contributed by atoms with Crippen LogP contribution < -0.4 is 0 Å². The number of benzene rings is 1. The minimum absolute atomic E-state index is 0.250. The molecule has 1 nitrogen and oxygen atoms in total. The van der Waals surface area contributed by atoms with Gasteiger partial charge in [0.15, 0.2) is 0 Å². The summed E-state index contributed by atoms with van der Waals surface area (Å²) in [6, 6.07) is 10.8. The Balaban J connectivity index is 1.77. The predicted molar refractivity (Wildman–Crippen MR) is 81.2 cm³/mol. The summed E-state index contributed by atoms with van der Waals surface area (Å²) in [4.78, 5) is 0. The van der Waals surface area contributed by atoms with Crippen LogP contribution >= 0.6 is 0 Å². The van der Waals surface area contributed by atoms with Crippen molar-refractivity contribution in [1.29, 1.82) is 0 Å². The molecule has 104 valence electrons. The molecule has 0 bridgehead atoms. The smallest absolute Gasteiger partial charge is 0.130 e. The van der Waals surface area contributed by atoms with E-state index >= 15 is 0 Å². The minimum atomic E-state index is 0.250. The standard InChI is InChI=1S/C19H22O/c1-2-8-14(9-3-1)19-17-12-5-4-10-15(17)16-11-6-7-13-18(16)20-19/h1-3,8-10,17,19H,4-7,11-13H2. The number of hydrogen-bond donors (Lipinski definition) is 0. The van der Waals surface area contributed by atoms with Gasteiger partial charge in [-0.05, 0) is 55.2 Å². The predicted octanol–water partition coefficient (Wildman–Crippen LogP) is 5.31. The molecule has 1 heterocycles. The highest BCUT2D eigenvalue weighted by Crippen LogP contribution is 2.49. The molecule has 20 heavy (non-hydrogen) atoms. The van der Waals surface area contributed by atoms with E-state index in [0.29, 0.717) is 5.92 Å². The zero-order chi connectivity index (χ0) is 13.4. The third-order valence-electron chi connectivity index (χ3n) is 5.01. The van der Waals surface area contributed by atoms with Gasteiger partial charge in [0.05, 0.1) is 0 Å². The molecule has 1 aromatic carbocycles. The molecule has 2 unspecified atom stereocenters. The zero-order valence-corrected chi connectivity index (χ0v) is 12.0. The topological polar surface area (TPSA) is 9.23 Å². The van der Waals surface area contributed by atoms with Gasteiger partial charge in [-0.1, -0.05) is 36.4 Å². The van der Waals surface area contributed by atoms with Gasteiger partial charge < -0.3 is 4.74 Å². The molecule has 1 aliphatic heterocycles. The Hall–Kier alpha value is -1.50. The van der Waals surface area contributed by atoms with Gasteiger partial charge in [-0.15, -0.1) is 0 Å². The monoisotopic (exact) mass is 266 g/mol. The van der Waals surface area contributed by atoms with Crippen LogP contribution in [0.15, 0.2) is 53.3 Å². The lowest BCUT2D eigenvalue weighted by atomic mass is 9.73. The summed E-state index contributed by atoms with van der Waals surface area (Å²) in [5.74, 6) is 1.89. The van der Waals surface area contributed by atoms with Crippen LogP contribution in [0.5, 0.6) is 0 Å². The van der Waals surface area contributed by atoms with E-state index in [1.165, 1.54) is 49.8 Å². The molecule has 2 atom stereocenters. The van der Waals surface area contributed by atoms with E-state index in [9.17, 15) is 0 Å². The van der Waals surface area contributed by atoms with Crippen molar-refractivity contribution in [2.24, 2.45) is 5.92 Å². The van der Waals surface area contributed by atoms with Crippen LogP contribution in [0.25, 0.3) is 0 Å². The summed E-state index contributed by atoms with van der Waals surface area (Å²) < 4.78 is 6.48. The molecule has 0 N–H and O–H groups in total. The van der Waals surface area contributed by atoms with E-state index in [1.807, 2.05) is 0 Å². The third-order valence-corrected chi connectivity index (χ3v) is 5.01. The second-order valence-electron chi connectivity index (χ2n) is 6.25. The van der Waals surface area contributed by atoms with Crippen molar-refractivity contribution in [3.63, 3.8) is 0 Å². The maximum Gasteiger partial charge on any atom is 0.130 e. The molecular weight excluding hydrogens is 244 g/mol. The van der Waals surface area contributed by atoms with E-state index in [2.05, 4.69) is 36.4 Å². The molecule has 1 heteroatoms. The summed E-state index contributed by atoms with van der Waals surface area (Å²) in [6.07, 6.45) is 11.6. The van der Waals surface area contributed by atoms with Crippen molar-refractivity contribution in [3.8, 4) is 0 Å². The van der Waals surface area contributed by atoms with Crippen molar-refractivity contribution in [2.75, 3.05) is 0 Å². The van der Waals surface area contributed by atoms with E-state index in [-0.39, 0.29) is 6.10 Å². The Bertz CT molecular complexity index is 552. The van der Waals surface area contributed by atoms with Crippen molar-refractivity contribution >= 4 is 0 Å². The molecule has 2 aliphatic carbocycles. The summed E-state index contributed by atoms with van der Waals surface area (Å²) in [5, 5.41) is 0. The molecule has 0 aromatic heterocycles. The Morgan fingerprint density at radius 3 is 2.70 bits per heavy atom. The molecule has 0 amide bonds. The van der Waals surface area contributed by atoms with Crippen LogP contribution in [0.4, 0.5) is 0 Å². The lowest BCUT2D eigenvalue weighted by molar-refractivity contribution is 0.0464. The van der Waals surface area contributed by atoms with Gasteiger partial charge in [-0.2, -0.15) is 0 Å². The quantitative estimate of drug-likeness (QED) is 0.669. The maximum absolute atomic E-state index is 6.48. The number of fused-ring (bicyclic) bond motifs is 2. The van der Waals surface area contributed by atoms with E-state index in [1.54, 1.807) is 11.1 Å². The van der Waals surface area contributed by atoms with Gasteiger partial charge in [0, 0.05) is 12.3 Å². The number of ether oxygens (including phenoxy) is 1. The van der Waals surface area contributed by atoms with Crippen molar-refractivity contribution < 1.29 is 4.74 Å². The minimum Gasteiger partial charge on any atom is -0.489 e. The van der Waals surface area contributed by atoms with Gasteiger partial charge in [0.2, 0.25) is 0 Å². The number of hydrogen-bond acceptors (Lipinski definition) is 1. The molecule has 1 aromatic rings. The Labute approximate surface area is 121 Å². The summed E-state index contributed by atoms with van der Waals surface area (Å²) >= 11 is 0. The first-order valence-corrected chi connectivity index (χ1v) is 8.07. The SMILES string of the molecule is C1=C2C3=C(CCCC3)OC(c3ccccc3)C2CCC1. The highest BCUT2D eigenvalue weighted by Gasteiger charge is 2.37. The third kappa shape index (κ3) is 2.00. The fraction of sp³-hybridized carbons (Fsp3) is 0.474. The lowest BCUT2D eigenvalue weighted by Crippen LogP contribution is -2.28. The zero-order valence-electron chi connectivity index (χ0n) is 12.0. The molecule has 0 spiro atoms. The highest BCUT2D eigenvalue weighted by atomic mass is 16.5. The van der Waals surface area contributed by atoms with Crippen molar-refractivity contribution in [2.45, 2.75) is 51.0 Å². The molecule has 0 saturated heterocycles. The van der Waals surface area contributed by atoms with Crippen LogP contribution in [0.2, 0.25) is 0 Å². The van der Waals surface area contributed by atoms with Gasteiger partial charge in [0.25, 0.3) is 0 Å². The summed E-state index contributed by atoms with van der Waals surface area (Å²) in [7, 11) is 0.